The van der Waals surface area contributed by atoms with E-state index in [2.05, 4.69) is 78.9 Å². The van der Waals surface area contributed by atoms with E-state index in [-0.39, 0.29) is 6.04 Å². The van der Waals surface area contributed by atoms with Crippen molar-refractivity contribution < 1.29 is 0 Å². The van der Waals surface area contributed by atoms with Gasteiger partial charge >= 0.3 is 0 Å². The molecule has 4 N–H and O–H groups in total. The highest BCUT2D eigenvalue weighted by molar-refractivity contribution is 5.87. The molecule has 0 radical (unpaired) electrons. The lowest BCUT2D eigenvalue weighted by atomic mass is 9.99. The average Bonchev–Trinajstić information content (AvgIpc) is 2.78. The summed E-state index contributed by atoms with van der Waals surface area (Å²) in [4.78, 5) is 9.13. The molecule has 1 heterocycles. The second kappa shape index (κ2) is 10.6. The van der Waals surface area contributed by atoms with Gasteiger partial charge in [0.1, 0.15) is 0 Å². The molecule has 5 heteroatoms. The number of aryl methyl sites for hydroxylation is 1. The van der Waals surface area contributed by atoms with Crippen molar-refractivity contribution in [1.82, 2.24) is 15.3 Å². The number of nitrogens with one attached hydrogen (secondary N) is 2. The van der Waals surface area contributed by atoms with E-state index in [1.807, 2.05) is 6.07 Å². The van der Waals surface area contributed by atoms with Gasteiger partial charge in [-0.3, -0.25) is 0 Å². The first-order valence-electron chi connectivity index (χ1n) is 10.9. The van der Waals surface area contributed by atoms with Gasteiger partial charge in [0.15, 0.2) is 0 Å². The molecule has 0 saturated carbocycles. The van der Waals surface area contributed by atoms with Gasteiger partial charge in [-0.05, 0) is 37.8 Å². The molecule has 0 amide bonds. The monoisotopic (exact) mass is 403 g/mol. The van der Waals surface area contributed by atoms with Crippen molar-refractivity contribution in [2.75, 3.05) is 11.9 Å². The van der Waals surface area contributed by atoms with Gasteiger partial charge in [0, 0.05) is 18.8 Å². The molecule has 1 aliphatic rings. The fourth-order valence-electron chi connectivity index (χ4n) is 3.40. The van der Waals surface area contributed by atoms with E-state index in [0.717, 1.165) is 49.2 Å². The fourth-order valence-corrected chi connectivity index (χ4v) is 3.40. The molecule has 1 unspecified atom stereocenters. The molecule has 1 aromatic carbocycles. The van der Waals surface area contributed by atoms with Crippen molar-refractivity contribution >= 4 is 17.3 Å². The van der Waals surface area contributed by atoms with Crippen molar-refractivity contribution in [1.29, 1.82) is 0 Å². The van der Waals surface area contributed by atoms with Gasteiger partial charge in [-0.15, -0.1) is 0 Å². The zero-order valence-electron chi connectivity index (χ0n) is 18.3. The highest BCUT2D eigenvalue weighted by Gasteiger charge is 2.16. The molecule has 3 rings (SSSR count). The standard InChI is InChI=1S/C25H33N5/c1-4-6-15-27-25-28-16-14-22(30-25)24(23(26)20-12-10-18(3)11-13-20)29-21-9-7-8-19(5-2)17-21/h7-8,10-14,16-17,21,29H,4-6,9,15,26H2,1-3H3,(H,27,28,30)/b24-23-. The van der Waals surface area contributed by atoms with Crippen molar-refractivity contribution in [3.63, 3.8) is 0 Å². The molecular weight excluding hydrogens is 370 g/mol. The van der Waals surface area contributed by atoms with Crippen LogP contribution in [0, 0.1) is 6.92 Å². The van der Waals surface area contributed by atoms with Crippen LogP contribution in [0.1, 0.15) is 56.4 Å². The van der Waals surface area contributed by atoms with Crippen LogP contribution in [0.5, 0.6) is 0 Å². The summed E-state index contributed by atoms with van der Waals surface area (Å²) in [6.07, 6.45) is 12.6. The van der Waals surface area contributed by atoms with E-state index in [9.17, 15) is 0 Å². The Morgan fingerprint density at radius 3 is 2.70 bits per heavy atom. The van der Waals surface area contributed by atoms with E-state index in [1.165, 1.54) is 11.1 Å². The van der Waals surface area contributed by atoms with Gasteiger partial charge in [0.05, 0.1) is 17.1 Å². The van der Waals surface area contributed by atoms with Gasteiger partial charge in [-0.1, -0.05) is 73.9 Å². The van der Waals surface area contributed by atoms with E-state index in [1.54, 1.807) is 6.20 Å². The third kappa shape index (κ3) is 5.72. The van der Waals surface area contributed by atoms with E-state index in [4.69, 9.17) is 10.7 Å². The zero-order chi connectivity index (χ0) is 21.3. The van der Waals surface area contributed by atoms with Gasteiger partial charge in [0.25, 0.3) is 0 Å². The Morgan fingerprint density at radius 1 is 1.17 bits per heavy atom. The maximum atomic E-state index is 6.68. The van der Waals surface area contributed by atoms with Gasteiger partial charge < -0.3 is 16.4 Å². The third-order valence-electron chi connectivity index (χ3n) is 5.23. The molecule has 5 nitrogen and oxygen atoms in total. The second-order valence-corrected chi connectivity index (χ2v) is 7.68. The molecule has 0 spiro atoms. The minimum Gasteiger partial charge on any atom is -0.397 e. The zero-order valence-corrected chi connectivity index (χ0v) is 18.3. The number of aromatic nitrogens is 2. The number of hydrogen-bond donors (Lipinski definition) is 3. The van der Waals surface area contributed by atoms with Crippen LogP contribution < -0.4 is 16.4 Å². The number of unbranched alkanes of at least 4 members (excludes halogenated alkanes) is 1. The predicted molar refractivity (Wildman–Crippen MR) is 127 cm³/mol. The van der Waals surface area contributed by atoms with E-state index < -0.39 is 0 Å². The first-order valence-corrected chi connectivity index (χ1v) is 10.9. The molecule has 1 aliphatic carbocycles. The number of allylic oxidation sites excluding steroid dienone is 2. The highest BCUT2D eigenvalue weighted by Crippen LogP contribution is 2.23. The van der Waals surface area contributed by atoms with Crippen LogP contribution in [0.4, 0.5) is 5.95 Å². The Balaban J connectivity index is 1.96. The third-order valence-corrected chi connectivity index (χ3v) is 5.23. The summed E-state index contributed by atoms with van der Waals surface area (Å²) in [5, 5.41) is 6.96. The lowest BCUT2D eigenvalue weighted by molar-refractivity contribution is 0.707. The molecule has 0 bridgehead atoms. The van der Waals surface area contributed by atoms with Gasteiger partial charge in [0.2, 0.25) is 5.95 Å². The summed E-state index contributed by atoms with van der Waals surface area (Å²) in [5.74, 6) is 0.630. The Hall–Kier alpha value is -3.08. The van der Waals surface area contributed by atoms with Crippen molar-refractivity contribution in [2.45, 2.75) is 52.5 Å². The van der Waals surface area contributed by atoms with Crippen molar-refractivity contribution in [3.8, 4) is 0 Å². The molecule has 30 heavy (non-hydrogen) atoms. The smallest absolute Gasteiger partial charge is 0.223 e. The SMILES string of the molecule is CCCCNc1nccc(/C(NC2C=C(CC)C=CC2)=C(/N)c2ccc(C)cc2)n1. The first-order chi connectivity index (χ1) is 14.6. The Bertz CT molecular complexity index is 925. The number of benzene rings is 1. The van der Waals surface area contributed by atoms with Crippen LogP contribution >= 0.6 is 0 Å². The Kier molecular flexibility index (Phi) is 7.66. The lowest BCUT2D eigenvalue weighted by Crippen LogP contribution is -2.29. The normalized spacial score (nSPS) is 16.6. The summed E-state index contributed by atoms with van der Waals surface area (Å²) in [6, 6.07) is 10.4. The first kappa shape index (κ1) is 21.6. The maximum Gasteiger partial charge on any atom is 0.223 e. The molecule has 158 valence electrons. The fraction of sp³-hybridized carbons (Fsp3) is 0.360. The molecule has 0 fully saturated rings. The van der Waals surface area contributed by atoms with Gasteiger partial charge in [-0.25, -0.2) is 9.97 Å². The number of nitrogens with two attached hydrogens (primary N) is 1. The highest BCUT2D eigenvalue weighted by atomic mass is 15.1. The van der Waals surface area contributed by atoms with Crippen LogP contribution in [0.3, 0.4) is 0 Å². The molecule has 2 aromatic rings. The quantitative estimate of drug-likeness (QED) is 0.512. The van der Waals surface area contributed by atoms with Gasteiger partial charge in [-0.2, -0.15) is 0 Å². The second-order valence-electron chi connectivity index (χ2n) is 7.68. The van der Waals surface area contributed by atoms with E-state index >= 15 is 0 Å². The number of rotatable bonds is 9. The number of anilines is 1. The van der Waals surface area contributed by atoms with E-state index in [0.29, 0.717) is 11.6 Å². The maximum absolute atomic E-state index is 6.68. The van der Waals surface area contributed by atoms with Crippen LogP contribution in [-0.2, 0) is 0 Å². The average molecular weight is 404 g/mol. The summed E-state index contributed by atoms with van der Waals surface area (Å²) >= 11 is 0. The van der Waals surface area contributed by atoms with Crippen LogP contribution in [0.2, 0.25) is 0 Å². The molecule has 0 saturated heterocycles. The Morgan fingerprint density at radius 2 is 1.97 bits per heavy atom. The Labute approximate surface area is 180 Å². The number of nitrogens with zero attached hydrogens (tertiary/aromatic N) is 2. The minimum atomic E-state index is 0.176. The molecule has 1 atom stereocenters. The topological polar surface area (TPSA) is 75.9 Å². The molecular formula is C25H33N5. The van der Waals surface area contributed by atoms with Crippen molar-refractivity contribution in [3.05, 3.63) is 77.2 Å². The summed E-state index contributed by atoms with van der Waals surface area (Å²) in [6.45, 7) is 7.28. The minimum absolute atomic E-state index is 0.176. The van der Waals surface area contributed by atoms with Crippen molar-refractivity contribution in [2.24, 2.45) is 5.73 Å². The van der Waals surface area contributed by atoms with Crippen LogP contribution in [0.15, 0.2) is 60.3 Å². The molecule has 1 aromatic heterocycles. The van der Waals surface area contributed by atoms with Crippen LogP contribution in [0.25, 0.3) is 11.4 Å². The number of hydrogen-bond acceptors (Lipinski definition) is 5. The summed E-state index contributed by atoms with van der Waals surface area (Å²) in [7, 11) is 0. The van der Waals surface area contributed by atoms with Crippen LogP contribution in [-0.4, -0.2) is 22.6 Å². The summed E-state index contributed by atoms with van der Waals surface area (Å²) < 4.78 is 0. The predicted octanol–water partition coefficient (Wildman–Crippen LogP) is 5.04. The lowest BCUT2D eigenvalue weighted by Gasteiger charge is -2.23. The molecule has 0 aliphatic heterocycles. The largest absolute Gasteiger partial charge is 0.397 e. The summed E-state index contributed by atoms with van der Waals surface area (Å²) in [5.41, 5.74) is 12.5.